The number of aromatic nitrogens is 4. The second-order valence-corrected chi connectivity index (χ2v) is 6.70. The zero-order chi connectivity index (χ0) is 19.1. The van der Waals surface area contributed by atoms with E-state index in [9.17, 15) is 4.39 Å². The highest BCUT2D eigenvalue weighted by atomic mass is 19.1. The Morgan fingerprint density at radius 1 is 0.964 bits per heavy atom. The van der Waals surface area contributed by atoms with Crippen LogP contribution >= 0.6 is 0 Å². The molecule has 0 aliphatic heterocycles. The molecule has 0 saturated heterocycles. The minimum Gasteiger partial charge on any atom is -0.339 e. The van der Waals surface area contributed by atoms with Crippen LogP contribution in [-0.4, -0.2) is 20.2 Å². The van der Waals surface area contributed by atoms with Crippen LogP contribution in [0, 0.1) is 12.7 Å². The molecule has 0 amide bonds. The molecule has 5 nitrogen and oxygen atoms in total. The molecule has 2 N–H and O–H groups in total. The van der Waals surface area contributed by atoms with Gasteiger partial charge in [-0.25, -0.2) is 14.4 Å². The maximum atomic E-state index is 14.6. The van der Waals surface area contributed by atoms with E-state index in [1.165, 1.54) is 6.07 Å². The van der Waals surface area contributed by atoms with Crippen molar-refractivity contribution >= 4 is 33.3 Å². The molecule has 0 bridgehead atoms. The number of halogens is 1. The van der Waals surface area contributed by atoms with Crippen LogP contribution in [0.15, 0.2) is 66.9 Å². The van der Waals surface area contributed by atoms with Gasteiger partial charge in [0.25, 0.3) is 0 Å². The lowest BCUT2D eigenvalue weighted by molar-refractivity contribution is 0.639. The quantitative estimate of drug-likeness (QED) is 0.449. The highest BCUT2D eigenvalue weighted by Crippen LogP contribution is 2.30. The molecule has 3 aromatic carbocycles. The molecule has 0 unspecified atom stereocenters. The summed E-state index contributed by atoms with van der Waals surface area (Å²) in [6.07, 6.45) is 1.75. The summed E-state index contributed by atoms with van der Waals surface area (Å²) >= 11 is 0. The van der Waals surface area contributed by atoms with Gasteiger partial charge in [-0.3, -0.25) is 5.10 Å². The molecule has 2 heterocycles. The van der Waals surface area contributed by atoms with Gasteiger partial charge in [0.05, 0.1) is 22.6 Å². The van der Waals surface area contributed by atoms with Crippen molar-refractivity contribution in [3.05, 3.63) is 78.2 Å². The summed E-state index contributed by atoms with van der Waals surface area (Å²) in [4.78, 5) is 9.24. The van der Waals surface area contributed by atoms with Gasteiger partial charge < -0.3 is 5.32 Å². The second kappa shape index (κ2) is 6.42. The van der Waals surface area contributed by atoms with E-state index in [-0.39, 0.29) is 5.82 Å². The summed E-state index contributed by atoms with van der Waals surface area (Å²) in [5.41, 5.74) is 4.29. The fourth-order valence-electron chi connectivity index (χ4n) is 3.30. The number of nitrogens with one attached hydrogen (secondary N) is 2. The molecular formula is C22H16FN5. The van der Waals surface area contributed by atoms with Crippen molar-refractivity contribution in [2.75, 3.05) is 5.32 Å². The lowest BCUT2D eigenvalue weighted by Crippen LogP contribution is -2.01. The molecule has 0 spiro atoms. The fraction of sp³-hybridized carbons (Fsp3) is 0.0455. The largest absolute Gasteiger partial charge is 0.339 e. The second-order valence-electron chi connectivity index (χ2n) is 6.70. The molecule has 0 aliphatic rings. The lowest BCUT2D eigenvalue weighted by Gasteiger charge is -2.12. The minimum atomic E-state index is -0.361. The zero-order valence-corrected chi connectivity index (χ0v) is 15.1. The number of anilines is 2. The number of benzene rings is 3. The smallest absolute Gasteiger partial charge is 0.162 e. The number of fused-ring (bicyclic) bond motifs is 2. The Kier molecular flexibility index (Phi) is 3.76. The predicted molar refractivity (Wildman–Crippen MR) is 109 cm³/mol. The van der Waals surface area contributed by atoms with Crippen LogP contribution in [0.3, 0.4) is 0 Å². The van der Waals surface area contributed by atoms with Crippen LogP contribution in [0.5, 0.6) is 0 Å². The number of nitrogens with zero attached hydrogens (tertiary/aromatic N) is 3. The Balaban J connectivity index is 1.69. The van der Waals surface area contributed by atoms with E-state index in [1.54, 1.807) is 18.3 Å². The first-order valence-corrected chi connectivity index (χ1v) is 8.91. The van der Waals surface area contributed by atoms with E-state index in [0.29, 0.717) is 22.5 Å². The first kappa shape index (κ1) is 16.4. The van der Waals surface area contributed by atoms with E-state index in [4.69, 9.17) is 0 Å². The average Bonchev–Trinajstić information content (AvgIpc) is 3.16. The Morgan fingerprint density at radius 3 is 2.75 bits per heavy atom. The average molecular weight is 369 g/mol. The molecule has 0 radical (unpaired) electrons. The van der Waals surface area contributed by atoms with E-state index in [0.717, 1.165) is 27.7 Å². The first-order valence-electron chi connectivity index (χ1n) is 8.91. The standard InChI is InChI=1S/C22H16FN5/c1-13-4-2-5-14(10-13)21-26-19-7-3-6-17(23)20(19)22(27-21)25-16-8-9-18-15(11-16)12-24-28-18/h2-12H,1H3,(H,24,28)(H,25,26,27). The molecule has 0 saturated carbocycles. The summed E-state index contributed by atoms with van der Waals surface area (Å²) in [6, 6.07) is 18.6. The third kappa shape index (κ3) is 2.85. The molecule has 28 heavy (non-hydrogen) atoms. The number of hydrogen-bond donors (Lipinski definition) is 2. The van der Waals surface area contributed by atoms with Crippen LogP contribution in [0.2, 0.25) is 0 Å². The monoisotopic (exact) mass is 369 g/mol. The first-order chi connectivity index (χ1) is 13.7. The van der Waals surface area contributed by atoms with Gasteiger partial charge in [-0.1, -0.05) is 29.8 Å². The third-order valence-electron chi connectivity index (χ3n) is 4.65. The number of aromatic amines is 1. The van der Waals surface area contributed by atoms with Crippen molar-refractivity contribution < 1.29 is 4.39 Å². The van der Waals surface area contributed by atoms with Gasteiger partial charge in [-0.15, -0.1) is 0 Å². The van der Waals surface area contributed by atoms with E-state index < -0.39 is 0 Å². The van der Waals surface area contributed by atoms with Crippen LogP contribution < -0.4 is 5.32 Å². The Morgan fingerprint density at radius 2 is 1.86 bits per heavy atom. The minimum absolute atomic E-state index is 0.361. The van der Waals surface area contributed by atoms with E-state index in [2.05, 4.69) is 25.5 Å². The molecule has 0 atom stereocenters. The topological polar surface area (TPSA) is 66.5 Å². The van der Waals surface area contributed by atoms with Gasteiger partial charge in [0.15, 0.2) is 5.82 Å². The molecule has 0 fully saturated rings. The molecule has 6 heteroatoms. The van der Waals surface area contributed by atoms with Crippen LogP contribution in [-0.2, 0) is 0 Å². The van der Waals surface area contributed by atoms with Gasteiger partial charge in [-0.2, -0.15) is 5.10 Å². The number of aryl methyl sites for hydroxylation is 1. The fourth-order valence-corrected chi connectivity index (χ4v) is 3.30. The SMILES string of the molecule is Cc1cccc(-c2nc(Nc3ccc4[nH]ncc4c3)c3c(F)cccc3n2)c1. The summed E-state index contributed by atoms with van der Waals surface area (Å²) in [5.74, 6) is 0.622. The number of hydrogen-bond acceptors (Lipinski definition) is 4. The summed E-state index contributed by atoms with van der Waals surface area (Å²) in [6.45, 7) is 2.02. The summed E-state index contributed by atoms with van der Waals surface area (Å²) < 4.78 is 14.6. The van der Waals surface area contributed by atoms with E-state index in [1.807, 2.05) is 49.4 Å². The van der Waals surface area contributed by atoms with Crippen LogP contribution in [0.4, 0.5) is 15.9 Å². The molecule has 0 aliphatic carbocycles. The molecular weight excluding hydrogens is 353 g/mol. The molecule has 5 rings (SSSR count). The Hall–Kier alpha value is -3.80. The maximum absolute atomic E-state index is 14.6. The van der Waals surface area contributed by atoms with Gasteiger partial charge >= 0.3 is 0 Å². The van der Waals surface area contributed by atoms with Crippen molar-refractivity contribution in [2.24, 2.45) is 0 Å². The Bertz CT molecular complexity index is 1330. The van der Waals surface area contributed by atoms with Gasteiger partial charge in [0.2, 0.25) is 0 Å². The normalized spacial score (nSPS) is 11.2. The number of rotatable bonds is 3. The van der Waals surface area contributed by atoms with Crippen LogP contribution in [0.1, 0.15) is 5.56 Å². The number of H-pyrrole nitrogens is 1. The van der Waals surface area contributed by atoms with Crippen molar-refractivity contribution in [1.82, 2.24) is 20.2 Å². The van der Waals surface area contributed by atoms with Crippen molar-refractivity contribution in [1.29, 1.82) is 0 Å². The van der Waals surface area contributed by atoms with Crippen molar-refractivity contribution in [3.8, 4) is 11.4 Å². The van der Waals surface area contributed by atoms with Crippen molar-refractivity contribution in [3.63, 3.8) is 0 Å². The highest BCUT2D eigenvalue weighted by molar-refractivity contribution is 5.93. The van der Waals surface area contributed by atoms with Gasteiger partial charge in [-0.05, 0) is 43.3 Å². The van der Waals surface area contributed by atoms with E-state index >= 15 is 0 Å². The summed E-state index contributed by atoms with van der Waals surface area (Å²) in [5, 5.41) is 11.5. The molecule has 136 valence electrons. The highest BCUT2D eigenvalue weighted by Gasteiger charge is 2.14. The third-order valence-corrected chi connectivity index (χ3v) is 4.65. The molecule has 5 aromatic rings. The predicted octanol–water partition coefficient (Wildman–Crippen LogP) is 5.36. The van der Waals surface area contributed by atoms with Gasteiger partial charge in [0, 0.05) is 16.6 Å². The van der Waals surface area contributed by atoms with Crippen LogP contribution in [0.25, 0.3) is 33.2 Å². The zero-order valence-electron chi connectivity index (χ0n) is 15.1. The molecule has 2 aromatic heterocycles. The van der Waals surface area contributed by atoms with Gasteiger partial charge in [0.1, 0.15) is 11.6 Å². The van der Waals surface area contributed by atoms with Crippen molar-refractivity contribution in [2.45, 2.75) is 6.92 Å². The Labute approximate surface area is 160 Å². The maximum Gasteiger partial charge on any atom is 0.162 e. The lowest BCUT2D eigenvalue weighted by atomic mass is 10.1. The summed E-state index contributed by atoms with van der Waals surface area (Å²) in [7, 11) is 0.